The van der Waals surface area contributed by atoms with Crippen molar-refractivity contribution < 1.29 is 14.3 Å². The molecule has 1 amide bonds. The SMILES string of the molecule is COC(=O)c1ccccc1NC(=O)c1ccc(NCCc2ccccc2)cn1. The number of esters is 1. The van der Waals surface area contributed by atoms with E-state index in [1.54, 1.807) is 42.6 Å². The predicted octanol–water partition coefficient (Wildman–Crippen LogP) is 3.78. The van der Waals surface area contributed by atoms with Crippen LogP contribution >= 0.6 is 0 Å². The number of anilines is 2. The molecule has 1 aromatic heterocycles. The first-order chi connectivity index (χ1) is 13.7. The van der Waals surface area contributed by atoms with Crippen molar-refractivity contribution in [2.75, 3.05) is 24.3 Å². The monoisotopic (exact) mass is 375 g/mol. The number of pyridine rings is 1. The van der Waals surface area contributed by atoms with Gasteiger partial charge in [0.2, 0.25) is 0 Å². The number of nitrogens with one attached hydrogen (secondary N) is 2. The van der Waals surface area contributed by atoms with Crippen molar-refractivity contribution in [2.24, 2.45) is 0 Å². The maximum Gasteiger partial charge on any atom is 0.339 e. The van der Waals surface area contributed by atoms with Gasteiger partial charge < -0.3 is 15.4 Å². The topological polar surface area (TPSA) is 80.3 Å². The first-order valence-electron chi connectivity index (χ1n) is 8.90. The second kappa shape index (κ2) is 9.32. The normalized spacial score (nSPS) is 10.2. The van der Waals surface area contributed by atoms with E-state index in [9.17, 15) is 9.59 Å². The summed E-state index contributed by atoms with van der Waals surface area (Å²) in [6.07, 6.45) is 2.51. The molecule has 0 radical (unpaired) electrons. The summed E-state index contributed by atoms with van der Waals surface area (Å²) < 4.78 is 4.74. The van der Waals surface area contributed by atoms with E-state index in [1.165, 1.54) is 12.7 Å². The molecule has 0 fully saturated rings. The number of amides is 1. The third-order valence-corrected chi connectivity index (χ3v) is 4.16. The number of hydrogen-bond donors (Lipinski definition) is 2. The van der Waals surface area contributed by atoms with Crippen LogP contribution in [0.25, 0.3) is 0 Å². The van der Waals surface area contributed by atoms with Crippen molar-refractivity contribution >= 4 is 23.3 Å². The molecule has 3 aromatic rings. The number of ether oxygens (including phenoxy) is 1. The lowest BCUT2D eigenvalue weighted by Gasteiger charge is -2.10. The zero-order valence-corrected chi connectivity index (χ0v) is 15.5. The first-order valence-corrected chi connectivity index (χ1v) is 8.90. The summed E-state index contributed by atoms with van der Waals surface area (Å²) in [5, 5.41) is 5.99. The number of carbonyl (C=O) groups is 2. The van der Waals surface area contributed by atoms with Crippen LogP contribution in [-0.2, 0) is 11.2 Å². The molecule has 6 nitrogen and oxygen atoms in total. The van der Waals surface area contributed by atoms with Crippen LogP contribution in [-0.4, -0.2) is 30.5 Å². The number of carbonyl (C=O) groups excluding carboxylic acids is 2. The second-order valence-corrected chi connectivity index (χ2v) is 6.09. The van der Waals surface area contributed by atoms with Crippen LogP contribution in [0.2, 0.25) is 0 Å². The Morgan fingerprint density at radius 3 is 2.43 bits per heavy atom. The summed E-state index contributed by atoms with van der Waals surface area (Å²) in [7, 11) is 1.30. The van der Waals surface area contributed by atoms with Gasteiger partial charge in [0.25, 0.3) is 5.91 Å². The van der Waals surface area contributed by atoms with E-state index in [1.807, 2.05) is 18.2 Å². The number of methoxy groups -OCH3 is 1. The molecule has 0 saturated heterocycles. The minimum Gasteiger partial charge on any atom is -0.465 e. The van der Waals surface area contributed by atoms with Gasteiger partial charge in [0.15, 0.2) is 0 Å². The lowest BCUT2D eigenvalue weighted by molar-refractivity contribution is 0.0602. The lowest BCUT2D eigenvalue weighted by atomic mass is 10.1. The van der Waals surface area contributed by atoms with Gasteiger partial charge in [-0.2, -0.15) is 0 Å². The summed E-state index contributed by atoms with van der Waals surface area (Å²) in [5.74, 6) is -0.908. The fourth-order valence-electron chi connectivity index (χ4n) is 2.70. The Hall–Kier alpha value is -3.67. The standard InChI is InChI=1S/C22H21N3O3/c1-28-22(27)18-9-5-6-10-19(18)25-21(26)20-12-11-17(15-24-20)23-14-13-16-7-3-2-4-8-16/h2-12,15,23H,13-14H2,1H3,(H,25,26). The molecule has 0 aliphatic heterocycles. The van der Waals surface area contributed by atoms with Crippen molar-refractivity contribution in [2.45, 2.75) is 6.42 Å². The smallest absolute Gasteiger partial charge is 0.339 e. The highest BCUT2D eigenvalue weighted by Gasteiger charge is 2.14. The van der Waals surface area contributed by atoms with Gasteiger partial charge in [-0.05, 0) is 36.2 Å². The largest absolute Gasteiger partial charge is 0.465 e. The molecule has 0 spiro atoms. The average molecular weight is 375 g/mol. The molecular weight excluding hydrogens is 354 g/mol. The Morgan fingerprint density at radius 2 is 1.71 bits per heavy atom. The molecule has 0 atom stereocenters. The molecular formula is C22H21N3O3. The fourth-order valence-corrected chi connectivity index (χ4v) is 2.70. The molecule has 142 valence electrons. The number of hydrogen-bond acceptors (Lipinski definition) is 5. The van der Waals surface area contributed by atoms with Gasteiger partial charge in [0.1, 0.15) is 5.69 Å². The minimum absolute atomic E-state index is 0.258. The molecule has 0 saturated carbocycles. The van der Waals surface area contributed by atoms with Gasteiger partial charge in [0.05, 0.1) is 30.2 Å². The van der Waals surface area contributed by atoms with Gasteiger partial charge in [-0.3, -0.25) is 4.79 Å². The van der Waals surface area contributed by atoms with Crippen LogP contribution in [0.3, 0.4) is 0 Å². The number of benzene rings is 2. The van der Waals surface area contributed by atoms with Gasteiger partial charge in [-0.25, -0.2) is 9.78 Å². The quantitative estimate of drug-likeness (QED) is 0.615. The molecule has 3 rings (SSSR count). The molecule has 0 bridgehead atoms. The summed E-state index contributed by atoms with van der Waals surface area (Å²) in [6, 6.07) is 20.3. The molecule has 2 N–H and O–H groups in total. The van der Waals surface area contributed by atoms with Crippen molar-refractivity contribution in [1.29, 1.82) is 0 Å². The highest BCUT2D eigenvalue weighted by atomic mass is 16.5. The Kier molecular flexibility index (Phi) is 6.36. The zero-order chi connectivity index (χ0) is 19.8. The summed E-state index contributed by atoms with van der Waals surface area (Å²) in [6.45, 7) is 0.768. The number of para-hydroxylation sites is 1. The maximum atomic E-state index is 12.4. The van der Waals surface area contributed by atoms with Gasteiger partial charge in [-0.15, -0.1) is 0 Å². The molecule has 1 heterocycles. The molecule has 0 aliphatic rings. The molecule has 0 unspecified atom stereocenters. The van der Waals surface area contributed by atoms with Crippen LogP contribution in [0.4, 0.5) is 11.4 Å². The Bertz CT molecular complexity index is 941. The Balaban J connectivity index is 1.59. The number of aromatic nitrogens is 1. The van der Waals surface area contributed by atoms with E-state index in [0.29, 0.717) is 5.69 Å². The third-order valence-electron chi connectivity index (χ3n) is 4.16. The van der Waals surface area contributed by atoms with E-state index < -0.39 is 11.9 Å². The number of rotatable bonds is 7. The highest BCUT2D eigenvalue weighted by Crippen LogP contribution is 2.17. The van der Waals surface area contributed by atoms with Crippen LogP contribution in [0.1, 0.15) is 26.4 Å². The molecule has 2 aromatic carbocycles. The van der Waals surface area contributed by atoms with Crippen molar-refractivity contribution in [3.8, 4) is 0 Å². The fraction of sp³-hybridized carbons (Fsp3) is 0.136. The van der Waals surface area contributed by atoms with E-state index in [-0.39, 0.29) is 11.3 Å². The van der Waals surface area contributed by atoms with Crippen LogP contribution in [0.15, 0.2) is 72.9 Å². The predicted molar refractivity (Wildman–Crippen MR) is 109 cm³/mol. The van der Waals surface area contributed by atoms with Gasteiger partial charge in [-0.1, -0.05) is 42.5 Å². The zero-order valence-electron chi connectivity index (χ0n) is 15.5. The lowest BCUT2D eigenvalue weighted by Crippen LogP contribution is -2.16. The van der Waals surface area contributed by atoms with E-state index in [0.717, 1.165) is 18.7 Å². The Labute approximate surface area is 163 Å². The number of nitrogens with zero attached hydrogens (tertiary/aromatic N) is 1. The van der Waals surface area contributed by atoms with Crippen molar-refractivity contribution in [3.05, 3.63) is 89.7 Å². The summed E-state index contributed by atoms with van der Waals surface area (Å²) >= 11 is 0. The highest BCUT2D eigenvalue weighted by molar-refractivity contribution is 6.07. The van der Waals surface area contributed by atoms with Crippen LogP contribution < -0.4 is 10.6 Å². The summed E-state index contributed by atoms with van der Waals surface area (Å²) in [5.41, 5.74) is 3.02. The van der Waals surface area contributed by atoms with Crippen molar-refractivity contribution in [1.82, 2.24) is 4.98 Å². The molecule has 6 heteroatoms. The van der Waals surface area contributed by atoms with Crippen molar-refractivity contribution in [3.63, 3.8) is 0 Å². The van der Waals surface area contributed by atoms with Crippen LogP contribution in [0.5, 0.6) is 0 Å². The maximum absolute atomic E-state index is 12.4. The van der Waals surface area contributed by atoms with Gasteiger partial charge in [0, 0.05) is 6.54 Å². The van der Waals surface area contributed by atoms with Gasteiger partial charge >= 0.3 is 5.97 Å². The van der Waals surface area contributed by atoms with E-state index in [2.05, 4.69) is 27.8 Å². The minimum atomic E-state index is -0.512. The second-order valence-electron chi connectivity index (χ2n) is 6.09. The third kappa shape index (κ3) is 4.94. The van der Waals surface area contributed by atoms with Crippen LogP contribution in [0, 0.1) is 0 Å². The van der Waals surface area contributed by atoms with E-state index in [4.69, 9.17) is 4.74 Å². The molecule has 0 aliphatic carbocycles. The summed E-state index contributed by atoms with van der Waals surface area (Å²) in [4.78, 5) is 28.4. The van der Waals surface area contributed by atoms with E-state index >= 15 is 0 Å². The Morgan fingerprint density at radius 1 is 0.964 bits per heavy atom. The first kappa shape index (κ1) is 19.1. The molecule has 28 heavy (non-hydrogen) atoms. The average Bonchev–Trinajstić information content (AvgIpc) is 2.75.